The van der Waals surface area contributed by atoms with Crippen LogP contribution in [0.4, 0.5) is 0 Å². The normalized spacial score (nSPS) is 15.4. The summed E-state index contributed by atoms with van der Waals surface area (Å²) < 4.78 is 16.1. The molecule has 0 amide bonds. The fourth-order valence-electron chi connectivity index (χ4n) is 4.67. The first kappa shape index (κ1) is 24.4. The summed E-state index contributed by atoms with van der Waals surface area (Å²) in [5, 5.41) is 5.04. The van der Waals surface area contributed by atoms with Crippen LogP contribution >= 0.6 is 12.2 Å². The molecule has 7 heteroatoms. The summed E-state index contributed by atoms with van der Waals surface area (Å²) in [7, 11) is 1.68. The minimum Gasteiger partial charge on any atom is -0.497 e. The van der Waals surface area contributed by atoms with Crippen LogP contribution in [0.2, 0.25) is 0 Å². The van der Waals surface area contributed by atoms with E-state index in [2.05, 4.69) is 70.1 Å². The highest BCUT2D eigenvalue weighted by Crippen LogP contribution is 2.24. The van der Waals surface area contributed by atoms with Crippen LogP contribution in [-0.4, -0.2) is 39.1 Å². The largest absolute Gasteiger partial charge is 0.497 e. The fraction of sp³-hybridized carbons (Fsp3) is 0.310. The van der Waals surface area contributed by atoms with E-state index >= 15 is 0 Å². The SMILES string of the molecule is COc1ccc(-c2nn(CN(Cc3ccccc3)Cc3ccccc3)c(=S)n2CC2CCCO2)cc1. The van der Waals surface area contributed by atoms with Crippen LogP contribution in [-0.2, 0) is 31.0 Å². The summed E-state index contributed by atoms with van der Waals surface area (Å²) in [6, 6.07) is 29.1. The summed E-state index contributed by atoms with van der Waals surface area (Å²) in [6.45, 7) is 3.70. The lowest BCUT2D eigenvalue weighted by molar-refractivity contribution is 0.0966. The fourth-order valence-corrected chi connectivity index (χ4v) is 4.93. The van der Waals surface area contributed by atoms with Crippen LogP contribution in [0, 0.1) is 4.77 Å². The highest BCUT2D eigenvalue weighted by atomic mass is 32.1. The first-order chi connectivity index (χ1) is 17.7. The summed E-state index contributed by atoms with van der Waals surface area (Å²) >= 11 is 6.00. The van der Waals surface area contributed by atoms with Crippen LogP contribution in [0.25, 0.3) is 11.4 Å². The average molecular weight is 501 g/mol. The van der Waals surface area contributed by atoms with E-state index in [0.29, 0.717) is 18.0 Å². The summed E-state index contributed by atoms with van der Waals surface area (Å²) in [4.78, 5) is 2.38. The number of ether oxygens (including phenoxy) is 2. The monoisotopic (exact) mass is 500 g/mol. The molecule has 0 radical (unpaired) electrons. The molecule has 1 fully saturated rings. The van der Waals surface area contributed by atoms with Crippen molar-refractivity contribution < 1.29 is 9.47 Å². The third kappa shape index (κ3) is 5.93. The molecule has 0 spiro atoms. The number of methoxy groups -OCH3 is 1. The Labute approximate surface area is 217 Å². The molecule has 2 heterocycles. The molecule has 1 aliphatic rings. The molecule has 186 valence electrons. The molecule has 1 unspecified atom stereocenters. The maximum Gasteiger partial charge on any atom is 0.199 e. The standard InChI is InChI=1S/C29H32N4O2S/c1-34-26-16-14-25(15-17-26)28-30-33(29(36)32(28)21-27-13-8-18-35-27)22-31(19-23-9-4-2-5-10-23)20-24-11-6-3-7-12-24/h2-7,9-12,14-17,27H,8,13,18-22H2,1H3. The van der Waals surface area contributed by atoms with Crippen molar-refractivity contribution in [3.63, 3.8) is 0 Å². The van der Waals surface area contributed by atoms with Crippen molar-refractivity contribution in [2.24, 2.45) is 0 Å². The second kappa shape index (κ2) is 11.6. The van der Waals surface area contributed by atoms with Gasteiger partial charge in [0.2, 0.25) is 0 Å². The van der Waals surface area contributed by atoms with E-state index in [1.807, 2.05) is 28.9 Å². The molecule has 1 aromatic heterocycles. The minimum atomic E-state index is 0.163. The summed E-state index contributed by atoms with van der Waals surface area (Å²) in [6.07, 6.45) is 2.30. The predicted octanol–water partition coefficient (Wildman–Crippen LogP) is 5.93. The van der Waals surface area contributed by atoms with E-state index in [1.54, 1.807) is 7.11 Å². The van der Waals surface area contributed by atoms with E-state index in [9.17, 15) is 0 Å². The van der Waals surface area contributed by atoms with E-state index in [4.69, 9.17) is 26.8 Å². The van der Waals surface area contributed by atoms with Crippen LogP contribution in [0.5, 0.6) is 5.75 Å². The molecular weight excluding hydrogens is 468 g/mol. The van der Waals surface area contributed by atoms with Gasteiger partial charge in [-0.05, 0) is 60.5 Å². The Hall–Kier alpha value is -3.26. The Bertz CT molecular complexity index is 1260. The lowest BCUT2D eigenvalue weighted by Gasteiger charge is -2.22. The first-order valence-electron chi connectivity index (χ1n) is 12.4. The number of benzene rings is 3. The zero-order valence-electron chi connectivity index (χ0n) is 20.6. The van der Waals surface area contributed by atoms with Crippen molar-refractivity contribution in [2.45, 2.75) is 45.2 Å². The van der Waals surface area contributed by atoms with Crippen molar-refractivity contribution in [1.82, 2.24) is 19.2 Å². The molecule has 6 nitrogen and oxygen atoms in total. The van der Waals surface area contributed by atoms with Gasteiger partial charge in [-0.15, -0.1) is 0 Å². The smallest absolute Gasteiger partial charge is 0.199 e. The molecule has 36 heavy (non-hydrogen) atoms. The highest BCUT2D eigenvalue weighted by molar-refractivity contribution is 7.71. The Morgan fingerprint density at radius 3 is 2.14 bits per heavy atom. The molecule has 0 aliphatic carbocycles. The third-order valence-corrected chi connectivity index (χ3v) is 6.94. The Morgan fingerprint density at radius 1 is 0.944 bits per heavy atom. The molecule has 1 aliphatic heterocycles. The van der Waals surface area contributed by atoms with Gasteiger partial charge in [0.15, 0.2) is 10.6 Å². The minimum absolute atomic E-state index is 0.163. The maximum absolute atomic E-state index is 6.00. The van der Waals surface area contributed by atoms with Crippen LogP contribution in [0.15, 0.2) is 84.9 Å². The molecule has 0 N–H and O–H groups in total. The quantitative estimate of drug-likeness (QED) is 0.253. The van der Waals surface area contributed by atoms with E-state index in [-0.39, 0.29) is 6.10 Å². The summed E-state index contributed by atoms with van der Waals surface area (Å²) in [5.74, 6) is 1.68. The van der Waals surface area contributed by atoms with Gasteiger partial charge in [-0.25, -0.2) is 4.68 Å². The molecule has 5 rings (SSSR count). The Balaban J connectivity index is 1.48. The Morgan fingerprint density at radius 2 is 1.58 bits per heavy atom. The lowest BCUT2D eigenvalue weighted by atomic mass is 10.2. The van der Waals surface area contributed by atoms with Gasteiger partial charge in [0.1, 0.15) is 5.75 Å². The zero-order chi connectivity index (χ0) is 24.7. The molecule has 4 aromatic rings. The second-order valence-electron chi connectivity index (χ2n) is 9.18. The van der Waals surface area contributed by atoms with Gasteiger partial charge in [0.25, 0.3) is 0 Å². The average Bonchev–Trinajstić information content (AvgIpc) is 3.54. The van der Waals surface area contributed by atoms with Crippen molar-refractivity contribution in [3.05, 3.63) is 101 Å². The van der Waals surface area contributed by atoms with E-state index < -0.39 is 0 Å². The topological polar surface area (TPSA) is 44.5 Å². The third-order valence-electron chi connectivity index (χ3n) is 6.51. The van der Waals surface area contributed by atoms with Gasteiger partial charge >= 0.3 is 0 Å². The maximum atomic E-state index is 6.00. The predicted molar refractivity (Wildman–Crippen MR) is 144 cm³/mol. The molecule has 0 bridgehead atoms. The molecule has 1 saturated heterocycles. The van der Waals surface area contributed by atoms with Crippen LogP contribution < -0.4 is 4.74 Å². The zero-order valence-corrected chi connectivity index (χ0v) is 21.4. The van der Waals surface area contributed by atoms with Crippen molar-refractivity contribution in [2.75, 3.05) is 13.7 Å². The van der Waals surface area contributed by atoms with E-state index in [1.165, 1.54) is 11.1 Å². The highest BCUT2D eigenvalue weighted by Gasteiger charge is 2.22. The molecular formula is C29H32N4O2S. The van der Waals surface area contributed by atoms with Gasteiger partial charge in [-0.1, -0.05) is 60.7 Å². The van der Waals surface area contributed by atoms with Crippen LogP contribution in [0.1, 0.15) is 24.0 Å². The lowest BCUT2D eigenvalue weighted by Crippen LogP contribution is -2.26. The number of rotatable bonds is 10. The second-order valence-corrected chi connectivity index (χ2v) is 9.54. The van der Waals surface area contributed by atoms with Gasteiger partial charge < -0.3 is 9.47 Å². The van der Waals surface area contributed by atoms with Gasteiger partial charge in [0, 0.05) is 25.3 Å². The van der Waals surface area contributed by atoms with Crippen molar-refractivity contribution in [3.8, 4) is 17.1 Å². The first-order valence-corrected chi connectivity index (χ1v) is 12.8. The van der Waals surface area contributed by atoms with Gasteiger partial charge in [-0.2, -0.15) is 5.10 Å². The Kier molecular flexibility index (Phi) is 7.91. The van der Waals surface area contributed by atoms with E-state index in [0.717, 1.165) is 49.7 Å². The van der Waals surface area contributed by atoms with Gasteiger partial charge in [-0.3, -0.25) is 9.47 Å². The number of nitrogens with zero attached hydrogens (tertiary/aromatic N) is 4. The van der Waals surface area contributed by atoms with Crippen molar-refractivity contribution >= 4 is 12.2 Å². The summed E-state index contributed by atoms with van der Waals surface area (Å²) in [5.41, 5.74) is 3.53. The van der Waals surface area contributed by atoms with Gasteiger partial charge in [0.05, 0.1) is 26.4 Å². The van der Waals surface area contributed by atoms with Crippen molar-refractivity contribution in [1.29, 1.82) is 0 Å². The number of aromatic nitrogens is 3. The van der Waals surface area contributed by atoms with Crippen LogP contribution in [0.3, 0.4) is 0 Å². The number of hydrogen-bond donors (Lipinski definition) is 0. The molecule has 3 aromatic carbocycles. The molecule has 0 saturated carbocycles. The molecule has 1 atom stereocenters. The number of hydrogen-bond acceptors (Lipinski definition) is 5.